The van der Waals surface area contributed by atoms with E-state index in [1.807, 2.05) is 6.07 Å². The number of nitrogens with two attached hydrogens (primary N) is 1. The minimum absolute atomic E-state index is 0.0644. The molecule has 1 heterocycles. The fraction of sp³-hybridized carbons (Fsp3) is 0.0909. The number of phenols is 1. The van der Waals surface area contributed by atoms with Gasteiger partial charge in [-0.2, -0.15) is 0 Å². The Morgan fingerprint density at radius 3 is 2.76 bits per heavy atom. The first kappa shape index (κ1) is 11.5. The zero-order chi connectivity index (χ0) is 12.3. The molecule has 0 amide bonds. The minimum atomic E-state index is 0.0644. The van der Waals surface area contributed by atoms with Crippen LogP contribution in [0.25, 0.3) is 0 Å². The number of hydrogen-bond acceptors (Lipinski definition) is 5. The van der Waals surface area contributed by atoms with E-state index in [0.29, 0.717) is 23.2 Å². The number of nitrogen functional groups attached to an aromatic ring is 1. The molecule has 0 fully saturated rings. The topological polar surface area (TPSA) is 84.1 Å². The molecule has 6 heteroatoms. The number of benzene rings is 1. The van der Waals surface area contributed by atoms with Gasteiger partial charge in [-0.3, -0.25) is 0 Å². The van der Waals surface area contributed by atoms with Gasteiger partial charge in [-0.15, -0.1) is 0 Å². The summed E-state index contributed by atoms with van der Waals surface area (Å²) in [7, 11) is 0. The van der Waals surface area contributed by atoms with Crippen molar-refractivity contribution in [2.45, 2.75) is 6.54 Å². The first-order valence-electron chi connectivity index (χ1n) is 4.94. The smallest absolute Gasteiger partial charge is 0.171 e. The van der Waals surface area contributed by atoms with Gasteiger partial charge in [0.2, 0.25) is 0 Å². The van der Waals surface area contributed by atoms with E-state index in [4.69, 9.17) is 17.3 Å². The van der Waals surface area contributed by atoms with E-state index in [9.17, 15) is 5.11 Å². The minimum Gasteiger partial charge on any atom is -0.506 e. The van der Waals surface area contributed by atoms with Gasteiger partial charge in [0.15, 0.2) is 11.0 Å². The van der Waals surface area contributed by atoms with Crippen molar-refractivity contribution in [3.05, 3.63) is 41.3 Å². The van der Waals surface area contributed by atoms with Crippen molar-refractivity contribution >= 4 is 23.1 Å². The van der Waals surface area contributed by atoms with E-state index in [1.54, 1.807) is 18.3 Å². The molecule has 17 heavy (non-hydrogen) atoms. The van der Waals surface area contributed by atoms with Crippen LogP contribution in [-0.4, -0.2) is 15.1 Å². The van der Waals surface area contributed by atoms with Crippen molar-refractivity contribution in [1.82, 2.24) is 9.97 Å². The van der Waals surface area contributed by atoms with Crippen LogP contribution in [0, 0.1) is 0 Å². The lowest BCUT2D eigenvalue weighted by Gasteiger charge is -2.07. The van der Waals surface area contributed by atoms with Gasteiger partial charge in [0.1, 0.15) is 5.75 Å². The maximum Gasteiger partial charge on any atom is 0.171 e. The molecule has 4 N–H and O–H groups in total. The molecular weight excluding hydrogens is 240 g/mol. The normalized spacial score (nSPS) is 10.2. The van der Waals surface area contributed by atoms with Crippen molar-refractivity contribution in [3.8, 4) is 5.75 Å². The Morgan fingerprint density at radius 1 is 1.29 bits per heavy atom. The van der Waals surface area contributed by atoms with Gasteiger partial charge in [0.05, 0.1) is 5.69 Å². The van der Waals surface area contributed by atoms with Crippen molar-refractivity contribution < 1.29 is 5.11 Å². The predicted octanol–water partition coefficient (Wildman–Crippen LogP) is 2.03. The fourth-order valence-electron chi connectivity index (χ4n) is 1.32. The second kappa shape index (κ2) is 4.88. The molecule has 1 aromatic heterocycles. The maximum absolute atomic E-state index is 9.45. The molecule has 1 aromatic carbocycles. The summed E-state index contributed by atoms with van der Waals surface area (Å²) >= 11 is 5.84. The van der Waals surface area contributed by atoms with Crippen molar-refractivity contribution in [3.63, 3.8) is 0 Å². The SMILES string of the molecule is Nc1ccc(CNc2nccnc2Cl)cc1O. The van der Waals surface area contributed by atoms with Crippen LogP contribution in [0.1, 0.15) is 5.56 Å². The van der Waals surface area contributed by atoms with Gasteiger partial charge in [0.25, 0.3) is 0 Å². The summed E-state index contributed by atoms with van der Waals surface area (Å²) in [6.45, 7) is 0.478. The molecule has 0 saturated heterocycles. The molecule has 0 spiro atoms. The molecule has 5 nitrogen and oxygen atoms in total. The van der Waals surface area contributed by atoms with Crippen LogP contribution in [0.3, 0.4) is 0 Å². The average Bonchev–Trinajstić information content (AvgIpc) is 2.32. The summed E-state index contributed by atoms with van der Waals surface area (Å²) in [4.78, 5) is 7.93. The zero-order valence-electron chi connectivity index (χ0n) is 8.89. The summed E-state index contributed by atoms with van der Waals surface area (Å²) in [6, 6.07) is 5.05. The van der Waals surface area contributed by atoms with Gasteiger partial charge >= 0.3 is 0 Å². The number of nitrogens with zero attached hydrogens (tertiary/aromatic N) is 2. The van der Waals surface area contributed by atoms with Crippen LogP contribution in [-0.2, 0) is 6.54 Å². The van der Waals surface area contributed by atoms with Gasteiger partial charge in [-0.05, 0) is 17.7 Å². The molecule has 0 saturated carbocycles. The Kier molecular flexibility index (Phi) is 3.30. The highest BCUT2D eigenvalue weighted by Crippen LogP contribution is 2.21. The van der Waals surface area contributed by atoms with E-state index in [-0.39, 0.29) is 5.75 Å². The molecular formula is C11H11ClN4O. The molecule has 0 radical (unpaired) electrons. The second-order valence-electron chi connectivity index (χ2n) is 3.44. The second-order valence-corrected chi connectivity index (χ2v) is 3.80. The summed E-state index contributed by atoms with van der Waals surface area (Å²) in [5.41, 5.74) is 6.73. The monoisotopic (exact) mass is 250 g/mol. The Bertz CT molecular complexity index is 533. The largest absolute Gasteiger partial charge is 0.506 e. The number of hydrogen-bond donors (Lipinski definition) is 3. The summed E-state index contributed by atoms with van der Waals surface area (Å²) in [6.07, 6.45) is 3.07. The van der Waals surface area contributed by atoms with Crippen LogP contribution in [0.15, 0.2) is 30.6 Å². The lowest BCUT2D eigenvalue weighted by molar-refractivity contribution is 0.477. The number of rotatable bonds is 3. The maximum atomic E-state index is 9.45. The van der Waals surface area contributed by atoms with Crippen molar-refractivity contribution in [2.24, 2.45) is 0 Å². The number of aromatic hydroxyl groups is 1. The Labute approximate surface area is 103 Å². The quantitative estimate of drug-likeness (QED) is 0.573. The third-order valence-electron chi connectivity index (χ3n) is 2.21. The Balaban J connectivity index is 2.08. The highest BCUT2D eigenvalue weighted by atomic mass is 35.5. The molecule has 0 aliphatic rings. The van der Waals surface area contributed by atoms with E-state index >= 15 is 0 Å². The van der Waals surface area contributed by atoms with E-state index in [1.165, 1.54) is 6.20 Å². The Hall–Kier alpha value is -2.01. The van der Waals surface area contributed by atoms with Crippen LogP contribution in [0.2, 0.25) is 5.15 Å². The molecule has 0 aliphatic heterocycles. The van der Waals surface area contributed by atoms with E-state index < -0.39 is 0 Å². The predicted molar refractivity (Wildman–Crippen MR) is 66.9 cm³/mol. The van der Waals surface area contributed by atoms with Crippen molar-refractivity contribution in [2.75, 3.05) is 11.1 Å². The van der Waals surface area contributed by atoms with Crippen LogP contribution in [0.5, 0.6) is 5.75 Å². The highest BCUT2D eigenvalue weighted by Gasteiger charge is 2.03. The number of halogens is 1. The average molecular weight is 251 g/mol. The molecule has 2 aromatic rings. The summed E-state index contributed by atoms with van der Waals surface area (Å²) in [5.74, 6) is 0.569. The van der Waals surface area contributed by atoms with E-state index in [2.05, 4.69) is 15.3 Å². The third kappa shape index (κ3) is 2.76. The summed E-state index contributed by atoms with van der Waals surface area (Å²) < 4.78 is 0. The van der Waals surface area contributed by atoms with E-state index in [0.717, 1.165) is 5.56 Å². The zero-order valence-corrected chi connectivity index (χ0v) is 9.65. The first-order chi connectivity index (χ1) is 8.16. The van der Waals surface area contributed by atoms with Gasteiger partial charge in [-0.25, -0.2) is 9.97 Å². The fourth-order valence-corrected chi connectivity index (χ4v) is 1.50. The number of anilines is 2. The number of nitrogens with one attached hydrogen (secondary N) is 1. The standard InChI is InChI=1S/C11H11ClN4O/c12-10-11(15-4-3-14-10)16-6-7-1-2-8(13)9(17)5-7/h1-5,17H,6,13H2,(H,15,16). The molecule has 0 atom stereocenters. The van der Waals surface area contributed by atoms with Crippen LogP contribution in [0.4, 0.5) is 11.5 Å². The van der Waals surface area contributed by atoms with Gasteiger partial charge in [-0.1, -0.05) is 17.7 Å². The third-order valence-corrected chi connectivity index (χ3v) is 2.48. The molecule has 88 valence electrons. The highest BCUT2D eigenvalue weighted by molar-refractivity contribution is 6.31. The molecule has 0 bridgehead atoms. The number of aromatic nitrogens is 2. The molecule has 0 aliphatic carbocycles. The lowest BCUT2D eigenvalue weighted by Crippen LogP contribution is -2.02. The van der Waals surface area contributed by atoms with Crippen LogP contribution < -0.4 is 11.1 Å². The molecule has 2 rings (SSSR count). The number of phenolic OH excluding ortho intramolecular Hbond substituents is 1. The first-order valence-corrected chi connectivity index (χ1v) is 5.32. The molecule has 0 unspecified atom stereocenters. The van der Waals surface area contributed by atoms with Gasteiger partial charge < -0.3 is 16.2 Å². The summed E-state index contributed by atoms with van der Waals surface area (Å²) in [5, 5.41) is 12.8. The van der Waals surface area contributed by atoms with Crippen molar-refractivity contribution in [1.29, 1.82) is 0 Å². The van der Waals surface area contributed by atoms with Gasteiger partial charge in [0, 0.05) is 18.9 Å². The Morgan fingerprint density at radius 2 is 2.06 bits per heavy atom. The lowest BCUT2D eigenvalue weighted by atomic mass is 10.2. The van der Waals surface area contributed by atoms with Crippen LogP contribution >= 0.6 is 11.6 Å².